The van der Waals surface area contributed by atoms with Gasteiger partial charge in [-0.1, -0.05) is 0 Å². The first-order chi connectivity index (χ1) is 14.6. The van der Waals surface area contributed by atoms with Crippen LogP contribution in [0.25, 0.3) is 0 Å². The first kappa shape index (κ1) is 25.6. The van der Waals surface area contributed by atoms with Crippen molar-refractivity contribution in [3.05, 3.63) is 52.0 Å². The van der Waals surface area contributed by atoms with E-state index in [4.69, 9.17) is 9.84 Å². The Balaban J connectivity index is 1.71. The van der Waals surface area contributed by atoms with Crippen LogP contribution < -0.4 is 10.1 Å². The quantitative estimate of drug-likeness (QED) is 0.239. The summed E-state index contributed by atoms with van der Waals surface area (Å²) in [5.41, 5.74) is 0.834. The minimum atomic E-state index is -3.91. The van der Waals surface area contributed by atoms with Gasteiger partial charge in [0.25, 0.3) is 0 Å². The second kappa shape index (κ2) is 11.8. The van der Waals surface area contributed by atoms with E-state index in [-0.39, 0.29) is 16.6 Å². The normalized spacial score (nSPS) is 11.5. The van der Waals surface area contributed by atoms with Crippen molar-refractivity contribution < 1.29 is 31.8 Å². The summed E-state index contributed by atoms with van der Waals surface area (Å²) in [5.74, 6) is -1.88. The van der Waals surface area contributed by atoms with E-state index in [0.717, 1.165) is 22.3 Å². The van der Waals surface area contributed by atoms with Crippen molar-refractivity contribution >= 4 is 43.5 Å². The van der Waals surface area contributed by atoms with Crippen LogP contribution in [0, 0.1) is 18.6 Å². The highest BCUT2D eigenvalue weighted by atomic mass is 79.9. The van der Waals surface area contributed by atoms with Crippen molar-refractivity contribution in [1.29, 1.82) is 0 Å². The molecule has 0 aliphatic heterocycles. The molecule has 170 valence electrons. The molecule has 11 heteroatoms. The summed E-state index contributed by atoms with van der Waals surface area (Å²) in [6.45, 7) is 2.49. The van der Waals surface area contributed by atoms with Gasteiger partial charge < -0.3 is 15.2 Å². The maximum Gasteiger partial charge on any atom is 0.341 e. The van der Waals surface area contributed by atoms with Crippen molar-refractivity contribution in [2.24, 2.45) is 0 Å². The van der Waals surface area contributed by atoms with Crippen LogP contribution in [0.1, 0.15) is 12.0 Å². The first-order valence-corrected chi connectivity index (χ1v) is 12.7. The van der Waals surface area contributed by atoms with Gasteiger partial charge in [0.1, 0.15) is 22.3 Å². The summed E-state index contributed by atoms with van der Waals surface area (Å²) in [7, 11) is -3.91. The molecule has 31 heavy (non-hydrogen) atoms. The molecule has 0 radical (unpaired) electrons. The van der Waals surface area contributed by atoms with E-state index in [1.807, 2.05) is 19.1 Å². The average molecular weight is 538 g/mol. The van der Waals surface area contributed by atoms with E-state index in [2.05, 4.69) is 21.2 Å². The number of benzene rings is 2. The van der Waals surface area contributed by atoms with Gasteiger partial charge in [0.05, 0.1) is 10.2 Å². The second-order valence-corrected chi connectivity index (χ2v) is 10.7. The van der Waals surface area contributed by atoms with Gasteiger partial charge >= 0.3 is 5.97 Å². The number of thioether (sulfide) groups is 1. The molecule has 0 fully saturated rings. The number of carboxylic acids is 1. The summed E-state index contributed by atoms with van der Waals surface area (Å²) >= 11 is 4.41. The van der Waals surface area contributed by atoms with E-state index < -0.39 is 38.9 Å². The largest absolute Gasteiger partial charge is 0.482 e. The molecule has 0 bridgehead atoms. The number of sulfone groups is 1. The Kier molecular flexibility index (Phi) is 9.73. The van der Waals surface area contributed by atoms with Gasteiger partial charge in [0, 0.05) is 17.2 Å². The van der Waals surface area contributed by atoms with Crippen LogP contribution in [-0.4, -0.2) is 50.7 Å². The van der Waals surface area contributed by atoms with Gasteiger partial charge in [-0.15, -0.1) is 11.8 Å². The van der Waals surface area contributed by atoms with E-state index >= 15 is 0 Å². The molecule has 6 nitrogen and oxygen atoms in total. The number of carboxylic acid groups (broad SMARTS) is 1. The molecule has 0 aliphatic rings. The molecule has 2 rings (SSSR count). The molecule has 0 heterocycles. The molecule has 2 aromatic carbocycles. The highest BCUT2D eigenvalue weighted by molar-refractivity contribution is 9.10. The SMILES string of the molecule is Cc1cc(SCCNCCCS(=O)(=O)c2cc(F)c(Br)cc2F)ccc1OCC(=O)O. The fourth-order valence-electron chi connectivity index (χ4n) is 2.62. The Labute approximate surface area is 192 Å². The van der Waals surface area contributed by atoms with Gasteiger partial charge in [-0.3, -0.25) is 0 Å². The van der Waals surface area contributed by atoms with Crippen molar-refractivity contribution in [3.8, 4) is 5.75 Å². The highest BCUT2D eigenvalue weighted by Crippen LogP contribution is 2.26. The number of hydrogen-bond acceptors (Lipinski definition) is 6. The van der Waals surface area contributed by atoms with E-state index in [1.165, 1.54) is 0 Å². The molecule has 0 atom stereocenters. The zero-order valence-electron chi connectivity index (χ0n) is 16.7. The standard InChI is InChI=1S/C20H22BrF2NO5S2/c1-13-9-14(3-4-18(13)29-12-20(25)26)30-7-6-24-5-2-8-31(27,28)19-11-16(22)15(21)10-17(19)23/h3-4,9-11,24H,2,5-8,12H2,1H3,(H,25,26). The maximum absolute atomic E-state index is 13.9. The Morgan fingerprint density at radius 2 is 1.94 bits per heavy atom. The molecule has 0 aliphatic carbocycles. The number of rotatable bonds is 12. The number of aryl methyl sites for hydroxylation is 1. The Bertz CT molecular complexity index is 1030. The number of nitrogens with one attached hydrogen (secondary N) is 1. The molecule has 2 N–H and O–H groups in total. The Morgan fingerprint density at radius 3 is 2.61 bits per heavy atom. The zero-order valence-corrected chi connectivity index (χ0v) is 19.9. The van der Waals surface area contributed by atoms with Crippen LogP contribution in [0.3, 0.4) is 0 Å². The lowest BCUT2D eigenvalue weighted by Crippen LogP contribution is -2.21. The van der Waals surface area contributed by atoms with Crippen molar-refractivity contribution in [2.75, 3.05) is 31.2 Å². The maximum atomic E-state index is 13.9. The number of halogens is 3. The third kappa shape index (κ3) is 8.06. The zero-order chi connectivity index (χ0) is 23.0. The number of hydrogen-bond donors (Lipinski definition) is 2. The molecule has 0 aromatic heterocycles. The van der Waals surface area contributed by atoms with Gasteiger partial charge in [0.2, 0.25) is 0 Å². The lowest BCUT2D eigenvalue weighted by molar-refractivity contribution is -0.139. The summed E-state index contributed by atoms with van der Waals surface area (Å²) in [6, 6.07) is 6.97. The van der Waals surface area contributed by atoms with Crippen LogP contribution >= 0.6 is 27.7 Å². The van der Waals surface area contributed by atoms with Crippen LogP contribution in [0.15, 0.2) is 44.6 Å². The minimum absolute atomic E-state index is 0.124. The highest BCUT2D eigenvalue weighted by Gasteiger charge is 2.21. The average Bonchev–Trinajstić information content (AvgIpc) is 2.69. The van der Waals surface area contributed by atoms with Crippen LogP contribution in [0.4, 0.5) is 8.78 Å². The third-order valence-corrected chi connectivity index (χ3v) is 7.53. The molecular weight excluding hydrogens is 516 g/mol. The Hall–Kier alpha value is -1.69. The van der Waals surface area contributed by atoms with Gasteiger partial charge in [-0.25, -0.2) is 22.0 Å². The fourth-order valence-corrected chi connectivity index (χ4v) is 5.22. The smallest absolute Gasteiger partial charge is 0.341 e. The van der Waals surface area contributed by atoms with Crippen molar-refractivity contribution in [1.82, 2.24) is 5.32 Å². The summed E-state index contributed by atoms with van der Waals surface area (Å²) in [4.78, 5) is 10.9. The third-order valence-electron chi connectivity index (χ3n) is 4.12. The predicted octanol–water partition coefficient (Wildman–Crippen LogP) is 4.04. The second-order valence-electron chi connectivity index (χ2n) is 6.58. The van der Waals surface area contributed by atoms with E-state index in [9.17, 15) is 22.0 Å². The number of ether oxygens (including phenoxy) is 1. The van der Waals surface area contributed by atoms with Gasteiger partial charge in [-0.05, 0) is 71.7 Å². The number of aliphatic carboxylic acids is 1. The van der Waals surface area contributed by atoms with E-state index in [1.54, 1.807) is 17.8 Å². The topological polar surface area (TPSA) is 92.7 Å². The lowest BCUT2D eigenvalue weighted by atomic mass is 10.2. The van der Waals surface area contributed by atoms with Gasteiger partial charge in [-0.2, -0.15) is 0 Å². The molecule has 0 saturated carbocycles. The van der Waals surface area contributed by atoms with Gasteiger partial charge in [0.15, 0.2) is 16.4 Å². The van der Waals surface area contributed by atoms with Crippen LogP contribution in [0.2, 0.25) is 0 Å². The first-order valence-electron chi connectivity index (χ1n) is 9.26. The molecular formula is C20H22BrF2NO5S2. The Morgan fingerprint density at radius 1 is 1.19 bits per heavy atom. The molecule has 0 spiro atoms. The summed E-state index contributed by atoms with van der Waals surface area (Å²) in [5, 5.41) is 11.8. The van der Waals surface area contributed by atoms with E-state index in [0.29, 0.717) is 24.9 Å². The summed E-state index contributed by atoms with van der Waals surface area (Å²) < 4.78 is 57.0. The van der Waals surface area contributed by atoms with Crippen LogP contribution in [-0.2, 0) is 14.6 Å². The molecule has 2 aromatic rings. The minimum Gasteiger partial charge on any atom is -0.482 e. The molecule has 0 amide bonds. The monoisotopic (exact) mass is 537 g/mol. The lowest BCUT2D eigenvalue weighted by Gasteiger charge is -2.10. The fraction of sp³-hybridized carbons (Fsp3) is 0.350. The summed E-state index contributed by atoms with van der Waals surface area (Å²) in [6.07, 6.45) is 0.263. The van der Waals surface area contributed by atoms with Crippen molar-refractivity contribution in [3.63, 3.8) is 0 Å². The molecule has 0 unspecified atom stereocenters. The molecule has 0 saturated heterocycles. The number of carbonyl (C=O) groups is 1. The van der Waals surface area contributed by atoms with Crippen molar-refractivity contribution in [2.45, 2.75) is 23.1 Å². The van der Waals surface area contributed by atoms with Crippen LogP contribution in [0.5, 0.6) is 5.75 Å². The predicted molar refractivity (Wildman–Crippen MR) is 119 cm³/mol.